The number of carbonyl (C=O) groups excluding carboxylic acids is 1. The molecule has 23 heavy (non-hydrogen) atoms. The van der Waals surface area contributed by atoms with Crippen LogP contribution in [0.15, 0.2) is 29.0 Å². The topological polar surface area (TPSA) is 108 Å². The molecule has 0 saturated heterocycles. The Balaban J connectivity index is 2.03. The van der Waals surface area contributed by atoms with Gasteiger partial charge in [0.25, 0.3) is 5.91 Å². The van der Waals surface area contributed by atoms with E-state index in [9.17, 15) is 4.79 Å². The van der Waals surface area contributed by atoms with Gasteiger partial charge in [-0.2, -0.15) is 0 Å². The average Bonchev–Trinajstić information content (AvgIpc) is 2.97. The molecule has 4 N–H and O–H groups in total. The molecule has 1 atom stereocenters. The van der Waals surface area contributed by atoms with Gasteiger partial charge in [0.2, 0.25) is 0 Å². The molecule has 6 nitrogen and oxygen atoms in total. The third kappa shape index (κ3) is 4.63. The lowest BCUT2D eigenvalue weighted by Gasteiger charge is -2.09. The Morgan fingerprint density at radius 1 is 1.35 bits per heavy atom. The maximum Gasteiger partial charge on any atom is 0.254 e. The quantitative estimate of drug-likeness (QED) is 0.691. The molecule has 1 unspecified atom stereocenters. The van der Waals surface area contributed by atoms with Crippen LogP contribution in [0, 0.1) is 0 Å². The van der Waals surface area contributed by atoms with Crippen LogP contribution in [0.3, 0.4) is 0 Å². The molecule has 124 valence electrons. The summed E-state index contributed by atoms with van der Waals surface area (Å²) in [5.74, 6) is 0.0169. The van der Waals surface area contributed by atoms with Crippen molar-refractivity contribution in [2.45, 2.75) is 51.5 Å². The first-order valence-corrected chi connectivity index (χ1v) is 8.07. The van der Waals surface area contributed by atoms with Crippen LogP contribution in [0.2, 0.25) is 0 Å². The second-order valence-electron chi connectivity index (χ2n) is 5.73. The molecular weight excluding hydrogens is 292 g/mol. The highest BCUT2D eigenvalue weighted by molar-refractivity contribution is 5.99. The van der Waals surface area contributed by atoms with Gasteiger partial charge in [-0.1, -0.05) is 24.9 Å². The monoisotopic (exact) mass is 316 g/mol. The second kappa shape index (κ2) is 8.43. The average molecular weight is 316 g/mol. The minimum atomic E-state index is -0.525. The van der Waals surface area contributed by atoms with E-state index >= 15 is 0 Å². The summed E-state index contributed by atoms with van der Waals surface area (Å²) in [6, 6.07) is 3.85. The van der Waals surface area contributed by atoms with Gasteiger partial charge in [-0.25, -0.2) is 0 Å². The fourth-order valence-corrected chi connectivity index (χ4v) is 2.66. The molecule has 0 fully saturated rings. The predicted octanol–water partition coefficient (Wildman–Crippen LogP) is 2.68. The normalized spacial score (nSPS) is 12.3. The van der Waals surface area contributed by atoms with Crippen molar-refractivity contribution in [1.82, 2.24) is 10.1 Å². The Hall–Kier alpha value is -2.21. The van der Waals surface area contributed by atoms with Crippen molar-refractivity contribution in [3.05, 3.63) is 35.9 Å². The number of unbranched alkanes of at least 4 members (excludes halogenated alkanes) is 1. The van der Waals surface area contributed by atoms with Crippen molar-refractivity contribution >= 4 is 5.91 Å². The zero-order valence-electron chi connectivity index (χ0n) is 13.5. The molecule has 2 aromatic heterocycles. The van der Waals surface area contributed by atoms with E-state index in [2.05, 4.69) is 17.1 Å². The summed E-state index contributed by atoms with van der Waals surface area (Å²) >= 11 is 0. The molecule has 0 bridgehead atoms. The molecule has 6 heteroatoms. The second-order valence-corrected chi connectivity index (χ2v) is 5.73. The highest BCUT2D eigenvalue weighted by Crippen LogP contribution is 2.25. The Morgan fingerprint density at radius 2 is 2.17 bits per heavy atom. The largest absolute Gasteiger partial charge is 0.365 e. The predicted molar refractivity (Wildman–Crippen MR) is 88.7 cm³/mol. The number of carbonyl (C=O) groups is 1. The number of rotatable bonds is 9. The maximum atomic E-state index is 11.8. The minimum absolute atomic E-state index is 0.247. The first-order chi connectivity index (χ1) is 11.1. The Labute approximate surface area is 136 Å². The lowest BCUT2D eigenvalue weighted by molar-refractivity contribution is 0.0999. The third-order valence-electron chi connectivity index (χ3n) is 3.83. The van der Waals surface area contributed by atoms with Crippen LogP contribution in [-0.4, -0.2) is 22.1 Å². The Kier molecular flexibility index (Phi) is 6.29. The van der Waals surface area contributed by atoms with Gasteiger partial charge in [0.05, 0.1) is 0 Å². The standard InChI is InChI=1S/C17H24N4O2/c1-2-6-13(18)8-3-4-9-14-15(17(19)22)16(21-23-14)12-7-5-10-20-11-12/h5,7,10-11,13H,2-4,6,8-9,18H2,1H3,(H2,19,22). The van der Waals surface area contributed by atoms with Gasteiger partial charge in [-0.3, -0.25) is 9.78 Å². The number of aromatic nitrogens is 2. The zero-order chi connectivity index (χ0) is 16.7. The van der Waals surface area contributed by atoms with Gasteiger partial charge in [-0.15, -0.1) is 0 Å². The molecular formula is C17H24N4O2. The lowest BCUT2D eigenvalue weighted by Crippen LogP contribution is -2.19. The van der Waals surface area contributed by atoms with E-state index in [0.717, 1.165) is 37.7 Å². The Morgan fingerprint density at radius 3 is 2.83 bits per heavy atom. The van der Waals surface area contributed by atoms with E-state index in [1.165, 1.54) is 0 Å². The van der Waals surface area contributed by atoms with E-state index in [1.807, 2.05) is 6.07 Å². The zero-order valence-corrected chi connectivity index (χ0v) is 13.5. The van der Waals surface area contributed by atoms with Crippen LogP contribution in [-0.2, 0) is 6.42 Å². The summed E-state index contributed by atoms with van der Waals surface area (Å²) in [6.45, 7) is 2.13. The van der Waals surface area contributed by atoms with Crippen LogP contribution in [0.5, 0.6) is 0 Å². The van der Waals surface area contributed by atoms with Crippen LogP contribution in [0.25, 0.3) is 11.3 Å². The van der Waals surface area contributed by atoms with E-state index in [0.29, 0.717) is 23.4 Å². The summed E-state index contributed by atoms with van der Waals surface area (Å²) in [5.41, 5.74) is 13.1. The SMILES string of the molecule is CCCC(N)CCCCc1onc(-c2cccnc2)c1C(N)=O. The summed E-state index contributed by atoms with van der Waals surface area (Å²) in [7, 11) is 0. The first-order valence-electron chi connectivity index (χ1n) is 8.07. The molecule has 2 aromatic rings. The number of hydrogen-bond acceptors (Lipinski definition) is 5. The van der Waals surface area contributed by atoms with E-state index in [1.54, 1.807) is 18.5 Å². The number of aryl methyl sites for hydroxylation is 1. The number of pyridine rings is 1. The summed E-state index contributed by atoms with van der Waals surface area (Å²) in [6.07, 6.45) is 8.92. The van der Waals surface area contributed by atoms with Crippen LogP contribution < -0.4 is 11.5 Å². The maximum absolute atomic E-state index is 11.8. The number of nitrogens with zero attached hydrogens (tertiary/aromatic N) is 2. The fourth-order valence-electron chi connectivity index (χ4n) is 2.66. The molecule has 2 rings (SSSR count). The van der Waals surface area contributed by atoms with Gasteiger partial charge >= 0.3 is 0 Å². The molecule has 2 heterocycles. The summed E-state index contributed by atoms with van der Waals surface area (Å²) < 4.78 is 5.36. The van der Waals surface area contributed by atoms with Crippen LogP contribution >= 0.6 is 0 Å². The summed E-state index contributed by atoms with van der Waals surface area (Å²) in [4.78, 5) is 15.8. The molecule has 0 radical (unpaired) electrons. The van der Waals surface area contributed by atoms with Gasteiger partial charge in [0.15, 0.2) is 0 Å². The van der Waals surface area contributed by atoms with Crippen LogP contribution in [0.1, 0.15) is 55.1 Å². The smallest absolute Gasteiger partial charge is 0.254 e. The summed E-state index contributed by atoms with van der Waals surface area (Å²) in [5, 5.41) is 4.01. The molecule has 0 aromatic carbocycles. The lowest BCUT2D eigenvalue weighted by atomic mass is 10.0. The third-order valence-corrected chi connectivity index (χ3v) is 3.83. The molecule has 1 amide bonds. The molecule has 0 spiro atoms. The highest BCUT2D eigenvalue weighted by Gasteiger charge is 2.21. The van der Waals surface area contributed by atoms with Gasteiger partial charge in [-0.05, 0) is 31.4 Å². The van der Waals surface area contributed by atoms with Crippen molar-refractivity contribution in [3.63, 3.8) is 0 Å². The molecule has 0 aliphatic rings. The van der Waals surface area contributed by atoms with Crippen molar-refractivity contribution in [1.29, 1.82) is 0 Å². The number of nitrogens with two attached hydrogens (primary N) is 2. The van der Waals surface area contributed by atoms with Gasteiger partial charge < -0.3 is 16.0 Å². The number of amides is 1. The Bertz CT molecular complexity index is 625. The molecule has 0 saturated carbocycles. The van der Waals surface area contributed by atoms with E-state index in [4.69, 9.17) is 16.0 Å². The van der Waals surface area contributed by atoms with Crippen molar-refractivity contribution in [3.8, 4) is 11.3 Å². The minimum Gasteiger partial charge on any atom is -0.365 e. The van der Waals surface area contributed by atoms with Crippen molar-refractivity contribution in [2.75, 3.05) is 0 Å². The number of hydrogen-bond donors (Lipinski definition) is 2. The molecule has 0 aliphatic heterocycles. The van der Waals surface area contributed by atoms with E-state index < -0.39 is 5.91 Å². The van der Waals surface area contributed by atoms with Crippen molar-refractivity contribution in [2.24, 2.45) is 11.5 Å². The fraction of sp³-hybridized carbons (Fsp3) is 0.471. The van der Waals surface area contributed by atoms with Gasteiger partial charge in [0.1, 0.15) is 17.0 Å². The van der Waals surface area contributed by atoms with Crippen molar-refractivity contribution < 1.29 is 9.32 Å². The molecule has 0 aliphatic carbocycles. The highest BCUT2D eigenvalue weighted by atomic mass is 16.5. The van der Waals surface area contributed by atoms with Crippen LogP contribution in [0.4, 0.5) is 0 Å². The number of primary amides is 1. The van der Waals surface area contributed by atoms with E-state index in [-0.39, 0.29) is 6.04 Å². The first kappa shape index (κ1) is 17.1. The van der Waals surface area contributed by atoms with Gasteiger partial charge in [0, 0.05) is 30.4 Å².